The van der Waals surface area contributed by atoms with E-state index in [9.17, 15) is 9.90 Å². The normalized spacial score (nSPS) is 10.9. The van der Waals surface area contributed by atoms with Crippen LogP contribution in [0.3, 0.4) is 0 Å². The van der Waals surface area contributed by atoms with Crippen LogP contribution in [0.4, 0.5) is 5.69 Å². The molecule has 6 nitrogen and oxygen atoms in total. The molecule has 8 heteroatoms. The Balaban J connectivity index is 1.60. The van der Waals surface area contributed by atoms with E-state index in [0.29, 0.717) is 11.5 Å². The molecule has 0 fully saturated rings. The molecule has 0 spiro atoms. The van der Waals surface area contributed by atoms with Crippen molar-refractivity contribution in [3.63, 3.8) is 0 Å². The second-order valence-corrected chi connectivity index (χ2v) is 8.81. The van der Waals surface area contributed by atoms with E-state index >= 15 is 0 Å². The first-order valence-corrected chi connectivity index (χ1v) is 11.4. The molecule has 0 saturated heterocycles. The zero-order valence-electron chi connectivity index (χ0n) is 17.3. The maximum atomic E-state index is 12.5. The number of nitrogens with zero attached hydrogens (tertiary/aromatic N) is 2. The number of hydrogen-bond acceptors (Lipinski definition) is 7. The molecule has 0 radical (unpaired) electrons. The van der Waals surface area contributed by atoms with Gasteiger partial charge >= 0.3 is 0 Å². The minimum absolute atomic E-state index is 0.0452. The monoisotopic (exact) mass is 451 g/mol. The van der Waals surface area contributed by atoms with Gasteiger partial charge in [-0.05, 0) is 49.2 Å². The first-order valence-electron chi connectivity index (χ1n) is 9.57. The summed E-state index contributed by atoms with van der Waals surface area (Å²) in [6, 6.07) is 12.9. The number of rotatable bonds is 6. The van der Waals surface area contributed by atoms with Crippen molar-refractivity contribution in [3.05, 3.63) is 59.2 Å². The summed E-state index contributed by atoms with van der Waals surface area (Å²) in [6.07, 6.45) is 0. The van der Waals surface area contributed by atoms with E-state index in [2.05, 4.69) is 20.7 Å². The number of phenols is 1. The molecule has 4 aromatic rings. The van der Waals surface area contributed by atoms with Crippen molar-refractivity contribution in [2.24, 2.45) is 0 Å². The van der Waals surface area contributed by atoms with E-state index in [1.807, 2.05) is 38.1 Å². The lowest BCUT2D eigenvalue weighted by molar-refractivity contribution is -0.113. The number of aromatic hydroxyl groups is 1. The molecule has 0 unspecified atom stereocenters. The summed E-state index contributed by atoms with van der Waals surface area (Å²) in [5, 5.41) is 16.5. The van der Waals surface area contributed by atoms with Gasteiger partial charge in [-0.1, -0.05) is 30.0 Å². The van der Waals surface area contributed by atoms with E-state index in [4.69, 9.17) is 4.74 Å². The Morgan fingerprint density at radius 3 is 2.68 bits per heavy atom. The number of ether oxygens (including phenoxy) is 1. The fourth-order valence-corrected chi connectivity index (χ4v) is 5.11. The van der Waals surface area contributed by atoms with Gasteiger partial charge in [-0.15, -0.1) is 11.3 Å². The fraction of sp³-hybridized carbons (Fsp3) is 0.174. The summed E-state index contributed by atoms with van der Waals surface area (Å²) in [4.78, 5) is 22.6. The van der Waals surface area contributed by atoms with Gasteiger partial charge in [0.1, 0.15) is 27.2 Å². The predicted molar refractivity (Wildman–Crippen MR) is 126 cm³/mol. The fourth-order valence-electron chi connectivity index (χ4n) is 3.17. The number of thioether (sulfide) groups is 1. The maximum Gasteiger partial charge on any atom is 0.234 e. The van der Waals surface area contributed by atoms with Gasteiger partial charge in [-0.25, -0.2) is 9.97 Å². The van der Waals surface area contributed by atoms with E-state index in [0.717, 1.165) is 37.7 Å². The highest BCUT2D eigenvalue weighted by Crippen LogP contribution is 2.38. The van der Waals surface area contributed by atoms with Gasteiger partial charge in [0.2, 0.25) is 5.91 Å². The van der Waals surface area contributed by atoms with Crippen LogP contribution in [0, 0.1) is 13.8 Å². The number of phenolic OH excluding ortho intramolecular Hbond substituents is 1. The lowest BCUT2D eigenvalue weighted by Crippen LogP contribution is -2.14. The van der Waals surface area contributed by atoms with Crippen LogP contribution in [0.1, 0.15) is 11.4 Å². The predicted octanol–water partition coefficient (Wildman–Crippen LogP) is 5.42. The average molecular weight is 452 g/mol. The number of carbonyl (C=O) groups is 1. The van der Waals surface area contributed by atoms with Gasteiger partial charge in [0, 0.05) is 10.9 Å². The largest absolute Gasteiger partial charge is 0.506 e. The number of hydrogen-bond donors (Lipinski definition) is 2. The number of amides is 1. The van der Waals surface area contributed by atoms with Crippen molar-refractivity contribution >= 4 is 44.9 Å². The Morgan fingerprint density at radius 1 is 1.16 bits per heavy atom. The number of fused-ring (bicyclic) bond motifs is 1. The smallest absolute Gasteiger partial charge is 0.234 e. The molecular formula is C23H21N3O3S2. The highest BCUT2D eigenvalue weighted by atomic mass is 32.2. The lowest BCUT2D eigenvalue weighted by Gasteiger charge is -2.09. The van der Waals surface area contributed by atoms with E-state index in [1.165, 1.54) is 11.8 Å². The first kappa shape index (κ1) is 21.1. The third kappa shape index (κ3) is 4.65. The Kier molecular flexibility index (Phi) is 6.11. The van der Waals surface area contributed by atoms with Crippen LogP contribution in [-0.2, 0) is 4.79 Å². The summed E-state index contributed by atoms with van der Waals surface area (Å²) in [6.45, 7) is 3.75. The number of thiophene rings is 1. The number of aromatic nitrogens is 2. The lowest BCUT2D eigenvalue weighted by atomic mass is 10.1. The molecule has 2 N–H and O–H groups in total. The van der Waals surface area contributed by atoms with Crippen molar-refractivity contribution in [1.29, 1.82) is 0 Å². The molecule has 0 bridgehead atoms. The summed E-state index contributed by atoms with van der Waals surface area (Å²) >= 11 is 2.92. The van der Waals surface area contributed by atoms with E-state index in [1.54, 1.807) is 36.6 Å². The van der Waals surface area contributed by atoms with Crippen LogP contribution in [-0.4, -0.2) is 33.8 Å². The molecule has 4 rings (SSSR count). The third-order valence-electron chi connectivity index (χ3n) is 4.68. The molecule has 158 valence electrons. The summed E-state index contributed by atoms with van der Waals surface area (Å²) < 4.78 is 5.25. The molecule has 2 heterocycles. The molecule has 2 aromatic carbocycles. The number of benzene rings is 2. The third-order valence-corrected chi connectivity index (χ3v) is 6.53. The summed E-state index contributed by atoms with van der Waals surface area (Å²) in [5.41, 5.74) is 3.43. The second-order valence-electron chi connectivity index (χ2n) is 6.99. The minimum atomic E-state index is -0.212. The van der Waals surface area contributed by atoms with Gasteiger partial charge in [0.25, 0.3) is 0 Å². The first-order chi connectivity index (χ1) is 14.9. The zero-order valence-corrected chi connectivity index (χ0v) is 18.9. The molecule has 0 aliphatic carbocycles. The van der Waals surface area contributed by atoms with Gasteiger partial charge in [-0.3, -0.25) is 4.79 Å². The van der Waals surface area contributed by atoms with E-state index in [-0.39, 0.29) is 17.4 Å². The van der Waals surface area contributed by atoms with Gasteiger partial charge in [0.05, 0.1) is 23.9 Å². The molecule has 0 saturated carbocycles. The van der Waals surface area contributed by atoms with Crippen LogP contribution < -0.4 is 10.1 Å². The second kappa shape index (κ2) is 8.95. The van der Waals surface area contributed by atoms with Crippen molar-refractivity contribution in [3.8, 4) is 22.6 Å². The van der Waals surface area contributed by atoms with Gasteiger partial charge in [-0.2, -0.15) is 0 Å². The zero-order chi connectivity index (χ0) is 22.0. The van der Waals surface area contributed by atoms with E-state index < -0.39 is 0 Å². The van der Waals surface area contributed by atoms with Crippen molar-refractivity contribution in [2.45, 2.75) is 18.9 Å². The molecule has 0 atom stereocenters. The highest BCUT2D eigenvalue weighted by Gasteiger charge is 2.16. The highest BCUT2D eigenvalue weighted by molar-refractivity contribution is 8.00. The van der Waals surface area contributed by atoms with Gasteiger partial charge < -0.3 is 15.2 Å². The van der Waals surface area contributed by atoms with Gasteiger partial charge in [0.15, 0.2) is 0 Å². The number of methoxy groups -OCH3 is 1. The Labute approximate surface area is 188 Å². The number of carbonyl (C=O) groups excluding carboxylic acids is 1. The Hall–Kier alpha value is -3.10. The number of aryl methyl sites for hydroxylation is 2. The standard InChI is InChI=1S/C23H21N3O3S2/c1-13-4-9-19(27)18(10-13)26-20(28)12-31-23-21-17(11-30-22(21)24-14(2)25-23)15-5-7-16(29-3)8-6-15/h4-11,27H,12H2,1-3H3,(H,26,28). The Bertz CT molecular complexity index is 1250. The topological polar surface area (TPSA) is 84.3 Å². The number of nitrogens with one attached hydrogen (secondary N) is 1. The molecular weight excluding hydrogens is 430 g/mol. The van der Waals surface area contributed by atoms with Crippen molar-refractivity contribution < 1.29 is 14.6 Å². The molecule has 31 heavy (non-hydrogen) atoms. The van der Waals surface area contributed by atoms with Crippen LogP contribution in [0.25, 0.3) is 21.3 Å². The van der Waals surface area contributed by atoms with Crippen molar-refractivity contribution in [1.82, 2.24) is 9.97 Å². The molecule has 0 aliphatic heterocycles. The minimum Gasteiger partial charge on any atom is -0.506 e. The Morgan fingerprint density at radius 2 is 1.94 bits per heavy atom. The molecule has 2 aromatic heterocycles. The van der Waals surface area contributed by atoms with Crippen molar-refractivity contribution in [2.75, 3.05) is 18.2 Å². The SMILES string of the molecule is COc1ccc(-c2csc3nc(C)nc(SCC(=O)Nc4cc(C)ccc4O)c23)cc1. The van der Waals surface area contributed by atoms with Crippen LogP contribution in [0.15, 0.2) is 52.9 Å². The molecule has 1 amide bonds. The number of anilines is 1. The average Bonchev–Trinajstić information content (AvgIpc) is 3.18. The maximum absolute atomic E-state index is 12.5. The molecule has 0 aliphatic rings. The van der Waals surface area contributed by atoms with Crippen LogP contribution >= 0.6 is 23.1 Å². The summed E-state index contributed by atoms with van der Waals surface area (Å²) in [5.74, 6) is 1.45. The van der Waals surface area contributed by atoms with Crippen LogP contribution in [0.5, 0.6) is 11.5 Å². The quantitative estimate of drug-likeness (QED) is 0.231. The summed E-state index contributed by atoms with van der Waals surface area (Å²) in [7, 11) is 1.64. The van der Waals surface area contributed by atoms with Crippen LogP contribution in [0.2, 0.25) is 0 Å².